The smallest absolute Gasteiger partial charge is 0.231 e. The number of ether oxygens (including phenoxy) is 2. The van der Waals surface area contributed by atoms with Gasteiger partial charge in [-0.2, -0.15) is 0 Å². The summed E-state index contributed by atoms with van der Waals surface area (Å²) in [5.41, 5.74) is 3.39. The van der Waals surface area contributed by atoms with E-state index in [4.69, 9.17) is 9.47 Å². The summed E-state index contributed by atoms with van der Waals surface area (Å²) in [7, 11) is 0. The lowest BCUT2D eigenvalue weighted by atomic mass is 9.82. The minimum atomic E-state index is 0.0388. The molecule has 2 aliphatic rings. The van der Waals surface area contributed by atoms with Gasteiger partial charge in [-0.1, -0.05) is 6.07 Å². The maximum atomic E-state index is 11.1. The Labute approximate surface area is 94.4 Å². The fourth-order valence-electron chi connectivity index (χ4n) is 2.70. The number of hydrogen-bond donors (Lipinski definition) is 0. The molecule has 0 bridgehead atoms. The van der Waals surface area contributed by atoms with E-state index in [9.17, 15) is 4.79 Å². The first kappa shape index (κ1) is 9.70. The first-order valence-corrected chi connectivity index (χ1v) is 5.68. The van der Waals surface area contributed by atoms with E-state index in [0.717, 1.165) is 48.2 Å². The summed E-state index contributed by atoms with van der Waals surface area (Å²) in [6, 6.07) is 2.08. The molecule has 0 saturated heterocycles. The van der Waals surface area contributed by atoms with Gasteiger partial charge in [0.2, 0.25) is 6.79 Å². The summed E-state index contributed by atoms with van der Waals surface area (Å²) < 4.78 is 11.0. The van der Waals surface area contributed by atoms with Crippen molar-refractivity contribution in [2.45, 2.75) is 32.1 Å². The van der Waals surface area contributed by atoms with Crippen LogP contribution in [0.2, 0.25) is 0 Å². The summed E-state index contributed by atoms with van der Waals surface area (Å²) in [5.74, 6) is 1.78. The number of aryl methyl sites for hydroxylation is 1. The van der Waals surface area contributed by atoms with Crippen molar-refractivity contribution in [3.05, 3.63) is 22.8 Å². The van der Waals surface area contributed by atoms with Crippen LogP contribution in [0.1, 0.15) is 35.4 Å². The highest BCUT2D eigenvalue weighted by Gasteiger charge is 2.29. The van der Waals surface area contributed by atoms with E-state index in [1.54, 1.807) is 0 Å². The Hall–Kier alpha value is -1.51. The van der Waals surface area contributed by atoms with Crippen LogP contribution in [0.25, 0.3) is 0 Å². The molecule has 1 heterocycles. The molecule has 16 heavy (non-hydrogen) atoms. The molecule has 84 valence electrons. The minimum Gasteiger partial charge on any atom is -0.453 e. The van der Waals surface area contributed by atoms with Gasteiger partial charge in [0.15, 0.2) is 11.5 Å². The molecule has 1 unspecified atom stereocenters. The van der Waals surface area contributed by atoms with Gasteiger partial charge in [0, 0.05) is 11.5 Å². The third-order valence-corrected chi connectivity index (χ3v) is 3.47. The lowest BCUT2D eigenvalue weighted by Crippen LogP contribution is -2.11. The van der Waals surface area contributed by atoms with E-state index in [-0.39, 0.29) is 5.92 Å². The molecule has 0 N–H and O–H groups in total. The second-order valence-corrected chi connectivity index (χ2v) is 4.46. The van der Waals surface area contributed by atoms with E-state index >= 15 is 0 Å². The fourth-order valence-corrected chi connectivity index (χ4v) is 2.70. The Balaban J connectivity index is 2.21. The predicted octanol–water partition coefficient (Wildman–Crippen LogP) is 2.34. The Kier molecular flexibility index (Phi) is 2.13. The van der Waals surface area contributed by atoms with Crippen molar-refractivity contribution < 1.29 is 14.3 Å². The third-order valence-electron chi connectivity index (χ3n) is 3.47. The van der Waals surface area contributed by atoms with Crippen LogP contribution in [0, 0.1) is 6.92 Å². The van der Waals surface area contributed by atoms with E-state index in [1.807, 2.05) is 6.92 Å². The minimum absolute atomic E-state index is 0.0388. The van der Waals surface area contributed by atoms with Gasteiger partial charge in [-0.25, -0.2) is 0 Å². The van der Waals surface area contributed by atoms with Crippen molar-refractivity contribution in [2.75, 3.05) is 6.79 Å². The number of carbonyl (C=O) groups excluding carboxylic acids is 1. The first-order valence-electron chi connectivity index (χ1n) is 5.68. The molecule has 1 aromatic rings. The molecule has 0 aromatic heterocycles. The highest BCUT2D eigenvalue weighted by atomic mass is 16.7. The summed E-state index contributed by atoms with van der Waals surface area (Å²) >= 11 is 0. The summed E-state index contributed by atoms with van der Waals surface area (Å²) in [5, 5.41) is 0. The zero-order chi connectivity index (χ0) is 11.1. The molecular weight excluding hydrogens is 204 g/mol. The van der Waals surface area contributed by atoms with Crippen molar-refractivity contribution in [3.8, 4) is 11.5 Å². The molecule has 3 rings (SSSR count). The summed E-state index contributed by atoms with van der Waals surface area (Å²) in [6.45, 7) is 2.31. The molecule has 0 spiro atoms. The molecular formula is C13H14O3. The maximum Gasteiger partial charge on any atom is 0.231 e. The standard InChI is InChI=1S/C13H14O3/c1-8-5-11-9(6-14)3-2-4-10(11)13-12(8)15-7-16-13/h5-6,9H,2-4,7H2,1H3. The van der Waals surface area contributed by atoms with Crippen molar-refractivity contribution in [2.24, 2.45) is 0 Å². The van der Waals surface area contributed by atoms with Crippen LogP contribution in [-0.4, -0.2) is 13.1 Å². The van der Waals surface area contributed by atoms with Crippen LogP contribution in [0.15, 0.2) is 6.07 Å². The van der Waals surface area contributed by atoms with Crippen LogP contribution in [0.3, 0.4) is 0 Å². The first-order chi connectivity index (χ1) is 7.81. The molecule has 1 atom stereocenters. The zero-order valence-corrected chi connectivity index (χ0v) is 9.29. The van der Waals surface area contributed by atoms with Crippen molar-refractivity contribution in [1.82, 2.24) is 0 Å². The van der Waals surface area contributed by atoms with E-state index < -0.39 is 0 Å². The highest BCUT2D eigenvalue weighted by Crippen LogP contribution is 2.45. The number of carbonyl (C=O) groups is 1. The second kappa shape index (κ2) is 3.51. The van der Waals surface area contributed by atoms with Crippen LogP contribution in [0.4, 0.5) is 0 Å². The fraction of sp³-hybridized carbons (Fsp3) is 0.462. The Bertz CT molecular complexity index is 451. The van der Waals surface area contributed by atoms with E-state index in [2.05, 4.69) is 6.07 Å². The van der Waals surface area contributed by atoms with E-state index in [0.29, 0.717) is 6.79 Å². The normalized spacial score (nSPS) is 21.7. The summed E-state index contributed by atoms with van der Waals surface area (Å²) in [6.07, 6.45) is 4.05. The second-order valence-electron chi connectivity index (χ2n) is 4.46. The van der Waals surface area contributed by atoms with Gasteiger partial charge in [-0.3, -0.25) is 0 Å². The van der Waals surface area contributed by atoms with Crippen LogP contribution in [-0.2, 0) is 11.2 Å². The van der Waals surface area contributed by atoms with Gasteiger partial charge in [0.1, 0.15) is 6.29 Å². The molecule has 0 radical (unpaired) electrons. The lowest BCUT2D eigenvalue weighted by molar-refractivity contribution is -0.109. The third kappa shape index (κ3) is 1.24. The molecule has 3 heteroatoms. The molecule has 0 saturated carbocycles. The SMILES string of the molecule is Cc1cc2c(c3c1OCO3)CCCC2C=O. The number of aldehydes is 1. The van der Waals surface area contributed by atoms with Gasteiger partial charge in [-0.15, -0.1) is 0 Å². The molecule has 3 nitrogen and oxygen atoms in total. The highest BCUT2D eigenvalue weighted by molar-refractivity contribution is 5.68. The zero-order valence-electron chi connectivity index (χ0n) is 9.29. The van der Waals surface area contributed by atoms with Crippen molar-refractivity contribution >= 4 is 6.29 Å². The molecule has 1 aromatic carbocycles. The predicted molar refractivity (Wildman–Crippen MR) is 59.0 cm³/mol. The van der Waals surface area contributed by atoms with Gasteiger partial charge in [0.25, 0.3) is 0 Å². The summed E-state index contributed by atoms with van der Waals surface area (Å²) in [4.78, 5) is 11.1. The Morgan fingerprint density at radius 2 is 2.19 bits per heavy atom. The maximum absolute atomic E-state index is 11.1. The Morgan fingerprint density at radius 1 is 1.38 bits per heavy atom. The van der Waals surface area contributed by atoms with Crippen LogP contribution in [0.5, 0.6) is 11.5 Å². The van der Waals surface area contributed by atoms with Gasteiger partial charge in [0.05, 0.1) is 0 Å². The topological polar surface area (TPSA) is 35.5 Å². The molecule has 0 amide bonds. The van der Waals surface area contributed by atoms with Gasteiger partial charge < -0.3 is 14.3 Å². The largest absolute Gasteiger partial charge is 0.453 e. The van der Waals surface area contributed by atoms with Gasteiger partial charge >= 0.3 is 0 Å². The number of rotatable bonds is 1. The molecule has 1 aliphatic heterocycles. The van der Waals surface area contributed by atoms with Crippen LogP contribution >= 0.6 is 0 Å². The average molecular weight is 218 g/mol. The Morgan fingerprint density at radius 3 is 3.00 bits per heavy atom. The van der Waals surface area contributed by atoms with Crippen molar-refractivity contribution in [1.29, 1.82) is 0 Å². The lowest BCUT2D eigenvalue weighted by Gasteiger charge is -2.23. The quantitative estimate of drug-likeness (QED) is 0.679. The molecule has 1 aliphatic carbocycles. The van der Waals surface area contributed by atoms with Crippen LogP contribution < -0.4 is 9.47 Å². The number of benzene rings is 1. The number of fused-ring (bicyclic) bond motifs is 3. The molecule has 0 fully saturated rings. The van der Waals surface area contributed by atoms with Gasteiger partial charge in [-0.05, 0) is 37.3 Å². The number of hydrogen-bond acceptors (Lipinski definition) is 3. The van der Waals surface area contributed by atoms with Crippen molar-refractivity contribution in [3.63, 3.8) is 0 Å². The average Bonchev–Trinajstić information content (AvgIpc) is 2.78. The monoisotopic (exact) mass is 218 g/mol. The van der Waals surface area contributed by atoms with E-state index in [1.165, 1.54) is 5.56 Å².